The van der Waals surface area contributed by atoms with E-state index in [0.717, 1.165) is 36.8 Å². The van der Waals surface area contributed by atoms with E-state index in [9.17, 15) is 14.4 Å². The molecule has 0 radical (unpaired) electrons. The highest BCUT2D eigenvalue weighted by atomic mass is 16.5. The van der Waals surface area contributed by atoms with E-state index < -0.39 is 5.91 Å². The van der Waals surface area contributed by atoms with Crippen LogP contribution in [0.2, 0.25) is 0 Å². The Morgan fingerprint density at radius 3 is 2.33 bits per heavy atom. The van der Waals surface area contributed by atoms with Gasteiger partial charge in [-0.15, -0.1) is 0 Å². The van der Waals surface area contributed by atoms with Gasteiger partial charge < -0.3 is 15.4 Å². The summed E-state index contributed by atoms with van der Waals surface area (Å²) in [7, 11) is 0. The van der Waals surface area contributed by atoms with Crippen LogP contribution in [0.5, 0.6) is 5.75 Å². The molecule has 2 aromatic carbocycles. The highest BCUT2D eigenvalue weighted by Gasteiger charge is 2.17. The monoisotopic (exact) mass is 450 g/mol. The van der Waals surface area contributed by atoms with Crippen molar-refractivity contribution in [3.05, 3.63) is 59.7 Å². The molecule has 0 heterocycles. The fourth-order valence-electron chi connectivity index (χ4n) is 3.52. The Balaban J connectivity index is 1.35. The number of anilines is 1. The van der Waals surface area contributed by atoms with Crippen molar-refractivity contribution < 1.29 is 19.1 Å². The van der Waals surface area contributed by atoms with Crippen molar-refractivity contribution in [1.82, 2.24) is 10.7 Å². The van der Waals surface area contributed by atoms with E-state index in [-0.39, 0.29) is 30.9 Å². The lowest BCUT2D eigenvalue weighted by Gasteiger charge is -2.22. The van der Waals surface area contributed by atoms with Crippen molar-refractivity contribution in [2.45, 2.75) is 51.5 Å². The highest BCUT2D eigenvalue weighted by Crippen LogP contribution is 2.17. The maximum Gasteiger partial charge on any atom is 0.262 e. The molecule has 3 rings (SSSR count). The topological polar surface area (TPSA) is 109 Å². The molecule has 8 nitrogen and oxygen atoms in total. The molecule has 2 aromatic rings. The van der Waals surface area contributed by atoms with Gasteiger partial charge in [-0.3, -0.25) is 14.4 Å². The molecule has 1 aliphatic rings. The van der Waals surface area contributed by atoms with Gasteiger partial charge in [0.05, 0.1) is 6.21 Å². The number of hydrogen-bond donors (Lipinski definition) is 3. The van der Waals surface area contributed by atoms with Crippen molar-refractivity contribution in [2.24, 2.45) is 5.10 Å². The molecule has 0 aliphatic heterocycles. The summed E-state index contributed by atoms with van der Waals surface area (Å²) in [5.74, 6) is -0.448. The van der Waals surface area contributed by atoms with Crippen LogP contribution in [-0.4, -0.2) is 36.6 Å². The fraction of sp³-hybridized carbons (Fsp3) is 0.360. The van der Waals surface area contributed by atoms with Crippen LogP contribution in [0.25, 0.3) is 0 Å². The van der Waals surface area contributed by atoms with Gasteiger partial charge in [0.15, 0.2) is 6.61 Å². The van der Waals surface area contributed by atoms with Gasteiger partial charge in [-0.05, 0) is 61.7 Å². The van der Waals surface area contributed by atoms with Crippen LogP contribution in [0.1, 0.15) is 49.7 Å². The molecular formula is C25H30N4O4. The minimum atomic E-state index is -0.459. The number of nitrogens with zero attached hydrogens (tertiary/aromatic N) is 1. The molecule has 0 saturated heterocycles. The van der Waals surface area contributed by atoms with Crippen LogP contribution in [0.15, 0.2) is 53.6 Å². The number of carbonyl (C=O) groups excluding carboxylic acids is 3. The average Bonchev–Trinajstić information content (AvgIpc) is 2.80. The zero-order chi connectivity index (χ0) is 23.5. The minimum absolute atomic E-state index is 0.111. The Morgan fingerprint density at radius 1 is 0.939 bits per heavy atom. The Labute approximate surface area is 193 Å². The van der Waals surface area contributed by atoms with E-state index in [0.29, 0.717) is 11.4 Å². The summed E-state index contributed by atoms with van der Waals surface area (Å²) in [5, 5.41) is 9.57. The second-order valence-corrected chi connectivity index (χ2v) is 8.14. The van der Waals surface area contributed by atoms with Crippen LogP contribution in [-0.2, 0) is 14.4 Å². The number of carbonyl (C=O) groups is 3. The van der Waals surface area contributed by atoms with Crippen molar-refractivity contribution in [3.63, 3.8) is 0 Å². The third-order valence-corrected chi connectivity index (χ3v) is 5.28. The van der Waals surface area contributed by atoms with Crippen molar-refractivity contribution in [1.29, 1.82) is 0 Å². The third kappa shape index (κ3) is 8.76. The van der Waals surface area contributed by atoms with E-state index in [1.54, 1.807) is 24.3 Å². The number of benzene rings is 2. The predicted molar refractivity (Wildman–Crippen MR) is 127 cm³/mol. The zero-order valence-electron chi connectivity index (χ0n) is 18.8. The molecule has 3 amide bonds. The van der Waals surface area contributed by atoms with E-state index in [1.165, 1.54) is 12.6 Å². The molecular weight excluding hydrogens is 420 g/mol. The first-order valence-corrected chi connectivity index (χ1v) is 11.2. The first kappa shape index (κ1) is 24.0. The summed E-state index contributed by atoms with van der Waals surface area (Å²) in [5.41, 5.74) is 4.94. The van der Waals surface area contributed by atoms with Gasteiger partial charge in [-0.25, -0.2) is 5.43 Å². The zero-order valence-corrected chi connectivity index (χ0v) is 18.8. The highest BCUT2D eigenvalue weighted by molar-refractivity contribution is 5.97. The van der Waals surface area contributed by atoms with Crippen molar-refractivity contribution in [3.8, 4) is 5.75 Å². The first-order chi connectivity index (χ1) is 16.0. The largest absolute Gasteiger partial charge is 0.484 e. The summed E-state index contributed by atoms with van der Waals surface area (Å²) >= 11 is 0. The van der Waals surface area contributed by atoms with E-state index in [2.05, 4.69) is 21.2 Å². The molecule has 8 heteroatoms. The number of aryl methyl sites for hydroxylation is 1. The summed E-state index contributed by atoms with van der Waals surface area (Å²) in [6.07, 6.45) is 6.62. The van der Waals surface area contributed by atoms with Crippen LogP contribution in [0.3, 0.4) is 0 Å². The Hall–Kier alpha value is -3.68. The number of hydrazone groups is 1. The molecule has 0 unspecified atom stereocenters. The van der Waals surface area contributed by atoms with Crippen LogP contribution < -0.4 is 20.8 Å². The molecule has 0 bridgehead atoms. The predicted octanol–water partition coefficient (Wildman–Crippen LogP) is 3.30. The van der Waals surface area contributed by atoms with Crippen molar-refractivity contribution in [2.75, 3.05) is 11.9 Å². The van der Waals surface area contributed by atoms with Gasteiger partial charge in [0, 0.05) is 11.7 Å². The van der Waals surface area contributed by atoms with E-state index >= 15 is 0 Å². The number of hydrogen-bond acceptors (Lipinski definition) is 5. The molecule has 174 valence electrons. The van der Waals surface area contributed by atoms with Crippen LogP contribution in [0.4, 0.5) is 5.69 Å². The molecule has 3 N–H and O–H groups in total. The quantitative estimate of drug-likeness (QED) is 0.309. The standard InChI is InChI=1S/C25H30N4O4/c1-18-7-11-21(12-8-18)28-25(32)17-33-22-13-9-19(10-14-22)16-26-29-24(31)15-23(30)27-20-5-3-2-4-6-20/h7-14,16,20H,2-6,15,17H2,1H3,(H,27,30)(H,28,32)(H,29,31)/b26-16+. The third-order valence-electron chi connectivity index (χ3n) is 5.28. The lowest BCUT2D eigenvalue weighted by Crippen LogP contribution is -2.38. The summed E-state index contributed by atoms with van der Waals surface area (Å²) in [6.45, 7) is 1.87. The average molecular weight is 451 g/mol. The van der Waals surface area contributed by atoms with Gasteiger partial charge in [0.25, 0.3) is 5.91 Å². The van der Waals surface area contributed by atoms with E-state index in [4.69, 9.17) is 4.74 Å². The summed E-state index contributed by atoms with van der Waals surface area (Å²) in [4.78, 5) is 35.8. The maximum atomic E-state index is 12.0. The molecule has 0 aromatic heterocycles. The fourth-order valence-corrected chi connectivity index (χ4v) is 3.52. The number of nitrogens with one attached hydrogen (secondary N) is 3. The smallest absolute Gasteiger partial charge is 0.262 e. The van der Waals surface area contributed by atoms with Gasteiger partial charge >= 0.3 is 0 Å². The van der Waals surface area contributed by atoms with Crippen LogP contribution >= 0.6 is 0 Å². The van der Waals surface area contributed by atoms with Gasteiger partial charge in [-0.1, -0.05) is 37.0 Å². The number of ether oxygens (including phenoxy) is 1. The molecule has 1 aliphatic carbocycles. The SMILES string of the molecule is Cc1ccc(NC(=O)COc2ccc(/C=N/NC(=O)CC(=O)NC3CCCCC3)cc2)cc1. The Bertz CT molecular complexity index is 965. The van der Waals surface area contributed by atoms with Crippen molar-refractivity contribution >= 4 is 29.6 Å². The maximum absolute atomic E-state index is 12.0. The second kappa shape index (κ2) is 12.4. The minimum Gasteiger partial charge on any atom is -0.484 e. The second-order valence-electron chi connectivity index (χ2n) is 8.14. The Kier molecular flexibility index (Phi) is 8.99. The first-order valence-electron chi connectivity index (χ1n) is 11.2. The Morgan fingerprint density at radius 2 is 1.64 bits per heavy atom. The lowest BCUT2D eigenvalue weighted by molar-refractivity contribution is -0.129. The molecule has 0 atom stereocenters. The van der Waals surface area contributed by atoms with Gasteiger partial charge in [0.2, 0.25) is 11.8 Å². The molecule has 1 fully saturated rings. The number of rotatable bonds is 9. The van der Waals surface area contributed by atoms with Crippen LogP contribution in [0, 0.1) is 6.92 Å². The summed E-state index contributed by atoms with van der Waals surface area (Å²) < 4.78 is 5.50. The van der Waals surface area contributed by atoms with Gasteiger partial charge in [-0.2, -0.15) is 5.10 Å². The molecule has 1 saturated carbocycles. The number of amides is 3. The molecule has 0 spiro atoms. The summed E-state index contributed by atoms with van der Waals surface area (Å²) in [6, 6.07) is 14.6. The normalized spacial score (nSPS) is 14.0. The van der Waals surface area contributed by atoms with E-state index in [1.807, 2.05) is 31.2 Å². The molecule has 33 heavy (non-hydrogen) atoms. The van der Waals surface area contributed by atoms with Gasteiger partial charge in [0.1, 0.15) is 12.2 Å². The lowest BCUT2D eigenvalue weighted by atomic mass is 9.95.